The molecule has 0 aliphatic carbocycles. The first kappa shape index (κ1) is 15.9. The van der Waals surface area contributed by atoms with Crippen molar-refractivity contribution < 1.29 is 18.3 Å². The molecule has 0 heterocycles. The Hall–Kier alpha value is -2.43. The zero-order valence-corrected chi connectivity index (χ0v) is 12.0. The highest BCUT2D eigenvalue weighted by Gasteiger charge is 2.07. The number of nitrogens with one attached hydrogen (secondary N) is 1. The molecular formula is C17H17F2NO2. The predicted molar refractivity (Wildman–Crippen MR) is 79.6 cm³/mol. The fourth-order valence-electron chi connectivity index (χ4n) is 1.95. The first-order valence-electron chi connectivity index (χ1n) is 7.03. The lowest BCUT2D eigenvalue weighted by Gasteiger charge is -2.08. The number of benzene rings is 2. The summed E-state index contributed by atoms with van der Waals surface area (Å²) in [7, 11) is 0. The Bertz CT molecular complexity index is 617. The van der Waals surface area contributed by atoms with Gasteiger partial charge in [0.25, 0.3) is 5.91 Å². The molecule has 0 radical (unpaired) electrons. The fraction of sp³-hybridized carbons (Fsp3) is 0.235. The van der Waals surface area contributed by atoms with Gasteiger partial charge in [-0.3, -0.25) is 4.79 Å². The Kier molecular flexibility index (Phi) is 5.89. The molecular weight excluding hydrogens is 288 g/mol. The van der Waals surface area contributed by atoms with Crippen LogP contribution in [-0.4, -0.2) is 19.1 Å². The van der Waals surface area contributed by atoms with E-state index in [1.54, 1.807) is 0 Å². The number of hydrogen-bond acceptors (Lipinski definition) is 2. The second-order valence-corrected chi connectivity index (χ2v) is 4.80. The summed E-state index contributed by atoms with van der Waals surface area (Å²) in [6, 6.07) is 12.9. The van der Waals surface area contributed by atoms with Crippen molar-refractivity contribution >= 4 is 5.91 Å². The van der Waals surface area contributed by atoms with E-state index in [-0.39, 0.29) is 18.3 Å². The molecule has 0 spiro atoms. The molecule has 2 rings (SSSR count). The quantitative estimate of drug-likeness (QED) is 0.798. The summed E-state index contributed by atoms with van der Waals surface area (Å²) in [4.78, 5) is 11.6. The number of rotatable bonds is 7. The maximum absolute atomic E-state index is 13.3. The number of carbonyl (C=O) groups excluding carboxylic acids is 1. The van der Waals surface area contributed by atoms with Crippen LogP contribution in [-0.2, 0) is 11.2 Å². The van der Waals surface area contributed by atoms with Gasteiger partial charge < -0.3 is 10.1 Å². The molecule has 0 bridgehead atoms. The van der Waals surface area contributed by atoms with Crippen molar-refractivity contribution in [3.8, 4) is 5.75 Å². The first-order chi connectivity index (χ1) is 10.6. The molecule has 116 valence electrons. The Balaban J connectivity index is 1.65. The molecule has 0 aromatic heterocycles. The van der Waals surface area contributed by atoms with Gasteiger partial charge in [-0.25, -0.2) is 8.78 Å². The van der Waals surface area contributed by atoms with Gasteiger partial charge >= 0.3 is 0 Å². The average molecular weight is 305 g/mol. The van der Waals surface area contributed by atoms with Crippen LogP contribution in [0, 0.1) is 11.6 Å². The summed E-state index contributed by atoms with van der Waals surface area (Å²) >= 11 is 0. The molecule has 0 aliphatic heterocycles. The van der Waals surface area contributed by atoms with Gasteiger partial charge in [0.1, 0.15) is 5.82 Å². The minimum atomic E-state index is -0.822. The van der Waals surface area contributed by atoms with Crippen LogP contribution >= 0.6 is 0 Å². The Morgan fingerprint density at radius 3 is 2.59 bits per heavy atom. The normalized spacial score (nSPS) is 10.3. The molecule has 2 aromatic rings. The zero-order valence-electron chi connectivity index (χ0n) is 12.0. The molecule has 0 fully saturated rings. The van der Waals surface area contributed by atoms with Crippen molar-refractivity contribution in [2.75, 3.05) is 13.2 Å². The topological polar surface area (TPSA) is 38.3 Å². The standard InChI is InChI=1S/C17H17F2NO2/c18-14-8-9-16(15(19)11-14)22-12-17(21)20-10-4-7-13-5-2-1-3-6-13/h1-3,5-6,8-9,11H,4,7,10,12H2,(H,20,21). The van der Waals surface area contributed by atoms with Crippen molar-refractivity contribution in [3.05, 3.63) is 65.7 Å². The highest BCUT2D eigenvalue weighted by molar-refractivity contribution is 5.77. The summed E-state index contributed by atoms with van der Waals surface area (Å²) in [5.41, 5.74) is 1.21. The highest BCUT2D eigenvalue weighted by atomic mass is 19.1. The number of aryl methyl sites for hydroxylation is 1. The molecule has 0 atom stereocenters. The third-order valence-electron chi connectivity index (χ3n) is 3.06. The maximum Gasteiger partial charge on any atom is 0.257 e. The molecule has 5 heteroatoms. The second-order valence-electron chi connectivity index (χ2n) is 4.80. The summed E-state index contributed by atoms with van der Waals surface area (Å²) in [6.07, 6.45) is 1.68. The van der Waals surface area contributed by atoms with Crippen LogP contribution in [0.25, 0.3) is 0 Å². The smallest absolute Gasteiger partial charge is 0.257 e. The van der Waals surface area contributed by atoms with Crippen molar-refractivity contribution in [2.45, 2.75) is 12.8 Å². The lowest BCUT2D eigenvalue weighted by atomic mass is 10.1. The lowest BCUT2D eigenvalue weighted by molar-refractivity contribution is -0.123. The fourth-order valence-corrected chi connectivity index (χ4v) is 1.95. The molecule has 0 aliphatic rings. The summed E-state index contributed by atoms with van der Waals surface area (Å²) < 4.78 is 31.0. The molecule has 22 heavy (non-hydrogen) atoms. The first-order valence-corrected chi connectivity index (χ1v) is 7.03. The molecule has 0 saturated carbocycles. The third kappa shape index (κ3) is 5.16. The van der Waals surface area contributed by atoms with Crippen molar-refractivity contribution in [2.24, 2.45) is 0 Å². The molecule has 1 amide bonds. The Labute approximate surface area is 127 Å². The van der Waals surface area contributed by atoms with Crippen molar-refractivity contribution in [1.82, 2.24) is 5.32 Å². The van der Waals surface area contributed by atoms with E-state index in [1.165, 1.54) is 5.56 Å². The minimum Gasteiger partial charge on any atom is -0.481 e. The maximum atomic E-state index is 13.3. The van der Waals surface area contributed by atoms with Crippen LogP contribution in [0.1, 0.15) is 12.0 Å². The molecule has 3 nitrogen and oxygen atoms in total. The molecule has 1 N–H and O–H groups in total. The summed E-state index contributed by atoms with van der Waals surface area (Å²) in [5, 5.41) is 2.69. The van der Waals surface area contributed by atoms with Gasteiger partial charge in [0.15, 0.2) is 18.2 Å². The molecule has 2 aromatic carbocycles. The summed E-state index contributed by atoms with van der Waals surface area (Å²) in [5.74, 6) is -1.98. The Morgan fingerprint density at radius 2 is 1.86 bits per heavy atom. The minimum absolute atomic E-state index is 0.138. The van der Waals surface area contributed by atoms with Gasteiger partial charge in [-0.2, -0.15) is 0 Å². The number of amides is 1. The van der Waals surface area contributed by atoms with E-state index in [0.29, 0.717) is 12.6 Å². The molecule has 0 unspecified atom stereocenters. The van der Waals surface area contributed by atoms with E-state index in [0.717, 1.165) is 25.0 Å². The van der Waals surface area contributed by atoms with Gasteiger partial charge in [0, 0.05) is 12.6 Å². The number of carbonyl (C=O) groups is 1. The van der Waals surface area contributed by atoms with Crippen LogP contribution in [0.2, 0.25) is 0 Å². The van der Waals surface area contributed by atoms with Crippen molar-refractivity contribution in [3.63, 3.8) is 0 Å². The van der Waals surface area contributed by atoms with Gasteiger partial charge in [-0.1, -0.05) is 30.3 Å². The second kappa shape index (κ2) is 8.12. The number of halogens is 2. The van der Waals surface area contributed by atoms with E-state index < -0.39 is 11.6 Å². The number of hydrogen-bond donors (Lipinski definition) is 1. The van der Waals surface area contributed by atoms with Crippen LogP contribution in [0.3, 0.4) is 0 Å². The van der Waals surface area contributed by atoms with E-state index in [2.05, 4.69) is 5.32 Å². The monoisotopic (exact) mass is 305 g/mol. The van der Waals surface area contributed by atoms with Crippen molar-refractivity contribution in [1.29, 1.82) is 0 Å². The van der Waals surface area contributed by atoms with E-state index in [9.17, 15) is 13.6 Å². The van der Waals surface area contributed by atoms with Gasteiger partial charge in [-0.05, 0) is 30.5 Å². The van der Waals surface area contributed by atoms with Gasteiger partial charge in [0.05, 0.1) is 0 Å². The molecule has 0 saturated heterocycles. The Morgan fingerprint density at radius 1 is 1.09 bits per heavy atom. The van der Waals surface area contributed by atoms with Gasteiger partial charge in [0.2, 0.25) is 0 Å². The SMILES string of the molecule is O=C(COc1ccc(F)cc1F)NCCCc1ccccc1. The van der Waals surface area contributed by atoms with Gasteiger partial charge in [-0.15, -0.1) is 0 Å². The van der Waals surface area contributed by atoms with Crippen LogP contribution < -0.4 is 10.1 Å². The number of ether oxygens (including phenoxy) is 1. The predicted octanol–water partition coefficient (Wildman–Crippen LogP) is 3.09. The zero-order chi connectivity index (χ0) is 15.8. The largest absolute Gasteiger partial charge is 0.481 e. The van der Waals surface area contributed by atoms with Crippen LogP contribution in [0.5, 0.6) is 5.75 Å². The third-order valence-corrected chi connectivity index (χ3v) is 3.06. The highest BCUT2D eigenvalue weighted by Crippen LogP contribution is 2.17. The van der Waals surface area contributed by atoms with E-state index in [4.69, 9.17) is 4.74 Å². The van der Waals surface area contributed by atoms with E-state index in [1.807, 2.05) is 30.3 Å². The van der Waals surface area contributed by atoms with Crippen LogP contribution in [0.4, 0.5) is 8.78 Å². The average Bonchev–Trinajstić information content (AvgIpc) is 2.52. The van der Waals surface area contributed by atoms with Crippen LogP contribution in [0.15, 0.2) is 48.5 Å². The lowest BCUT2D eigenvalue weighted by Crippen LogP contribution is -2.30. The van der Waals surface area contributed by atoms with E-state index >= 15 is 0 Å². The summed E-state index contributed by atoms with van der Waals surface area (Å²) in [6.45, 7) is 0.219.